The summed E-state index contributed by atoms with van der Waals surface area (Å²) in [6.07, 6.45) is 1.55. The molecule has 0 atom stereocenters. The standard InChI is InChI=1S/C22H17N3O5S/c26-20(23-10-15-2-1-7-28-15)14-4-5-16-17(9-14)24-22(31)25(21(16)27)11-13-3-6-18-19(8-13)30-12-29-18/h1-9H,10-12H2,(H,23,26)(H,24,31). The Hall–Kier alpha value is -3.85. The van der Waals surface area contributed by atoms with E-state index in [9.17, 15) is 9.59 Å². The number of nitrogens with zero attached hydrogens (tertiary/aromatic N) is 1. The smallest absolute Gasteiger partial charge is 0.262 e. The van der Waals surface area contributed by atoms with Crippen molar-refractivity contribution in [3.8, 4) is 11.5 Å². The van der Waals surface area contributed by atoms with Crippen LogP contribution in [0.3, 0.4) is 0 Å². The number of fused-ring (bicyclic) bond motifs is 2. The van der Waals surface area contributed by atoms with Crippen molar-refractivity contribution in [3.05, 3.63) is 86.8 Å². The van der Waals surface area contributed by atoms with Crippen LogP contribution in [0.1, 0.15) is 21.7 Å². The predicted molar refractivity (Wildman–Crippen MR) is 115 cm³/mol. The average molecular weight is 435 g/mol. The summed E-state index contributed by atoms with van der Waals surface area (Å²) >= 11 is 5.42. The average Bonchev–Trinajstić information content (AvgIpc) is 3.46. The van der Waals surface area contributed by atoms with Crippen molar-refractivity contribution in [2.75, 3.05) is 6.79 Å². The zero-order chi connectivity index (χ0) is 21.4. The Morgan fingerprint density at radius 1 is 1.13 bits per heavy atom. The summed E-state index contributed by atoms with van der Waals surface area (Å²) in [5.41, 5.74) is 1.54. The predicted octanol–water partition coefficient (Wildman–Crippen LogP) is 3.36. The number of carbonyl (C=O) groups is 1. The summed E-state index contributed by atoms with van der Waals surface area (Å²) in [7, 11) is 0. The Kier molecular flexibility index (Phi) is 4.79. The van der Waals surface area contributed by atoms with Crippen molar-refractivity contribution >= 4 is 29.0 Å². The molecule has 9 heteroatoms. The van der Waals surface area contributed by atoms with Crippen LogP contribution in [-0.2, 0) is 13.1 Å². The lowest BCUT2D eigenvalue weighted by Crippen LogP contribution is -2.24. The lowest BCUT2D eigenvalue weighted by molar-refractivity contribution is 0.0948. The van der Waals surface area contributed by atoms with Gasteiger partial charge in [0.15, 0.2) is 16.3 Å². The Morgan fingerprint density at radius 2 is 2.00 bits per heavy atom. The van der Waals surface area contributed by atoms with Crippen molar-refractivity contribution in [2.24, 2.45) is 0 Å². The molecule has 1 aliphatic rings. The molecule has 0 radical (unpaired) electrons. The minimum Gasteiger partial charge on any atom is -0.467 e. The van der Waals surface area contributed by atoms with Gasteiger partial charge in [-0.05, 0) is 60.2 Å². The van der Waals surface area contributed by atoms with E-state index in [1.54, 1.807) is 36.6 Å². The van der Waals surface area contributed by atoms with E-state index in [4.69, 9.17) is 26.1 Å². The first-order chi connectivity index (χ1) is 15.1. The normalized spacial score (nSPS) is 12.3. The molecule has 0 spiro atoms. The van der Waals surface area contributed by atoms with Crippen molar-refractivity contribution in [3.63, 3.8) is 0 Å². The lowest BCUT2D eigenvalue weighted by atomic mass is 10.1. The van der Waals surface area contributed by atoms with Gasteiger partial charge in [0, 0.05) is 5.56 Å². The van der Waals surface area contributed by atoms with Crippen LogP contribution in [0.25, 0.3) is 10.9 Å². The summed E-state index contributed by atoms with van der Waals surface area (Å²) in [6.45, 7) is 0.745. The van der Waals surface area contributed by atoms with Gasteiger partial charge in [0.05, 0.1) is 30.3 Å². The molecule has 0 fully saturated rings. The number of hydrogen-bond donors (Lipinski definition) is 2. The number of furan rings is 1. The molecule has 31 heavy (non-hydrogen) atoms. The third-order valence-corrected chi connectivity index (χ3v) is 5.35. The van der Waals surface area contributed by atoms with Crippen LogP contribution in [0, 0.1) is 4.77 Å². The summed E-state index contributed by atoms with van der Waals surface area (Å²) in [5, 5.41) is 3.22. The largest absolute Gasteiger partial charge is 0.467 e. The molecule has 0 saturated carbocycles. The van der Waals surface area contributed by atoms with E-state index in [1.807, 2.05) is 18.2 Å². The first-order valence-corrected chi connectivity index (χ1v) is 9.95. The number of amides is 1. The maximum atomic E-state index is 13.1. The molecule has 2 aromatic heterocycles. The zero-order valence-corrected chi connectivity index (χ0v) is 17.0. The second kappa shape index (κ2) is 7.77. The number of rotatable bonds is 5. The summed E-state index contributed by atoms with van der Waals surface area (Å²) < 4.78 is 17.7. The van der Waals surface area contributed by atoms with E-state index in [0.29, 0.717) is 33.7 Å². The highest BCUT2D eigenvalue weighted by Gasteiger charge is 2.15. The van der Waals surface area contributed by atoms with Gasteiger partial charge in [-0.2, -0.15) is 0 Å². The SMILES string of the molecule is O=C(NCc1ccco1)c1ccc2c(=O)n(Cc3ccc4c(c3)OCO4)c(=S)[nH]c2c1. The minimum atomic E-state index is -0.276. The van der Waals surface area contributed by atoms with E-state index < -0.39 is 0 Å². The fourth-order valence-corrected chi connectivity index (χ4v) is 3.70. The van der Waals surface area contributed by atoms with Crippen LogP contribution < -0.4 is 20.3 Å². The zero-order valence-electron chi connectivity index (χ0n) is 16.2. The second-order valence-corrected chi connectivity index (χ2v) is 7.42. The monoisotopic (exact) mass is 435 g/mol. The maximum absolute atomic E-state index is 13.1. The molecule has 156 valence electrons. The highest BCUT2D eigenvalue weighted by Crippen LogP contribution is 2.32. The van der Waals surface area contributed by atoms with Gasteiger partial charge in [-0.1, -0.05) is 6.07 Å². The van der Waals surface area contributed by atoms with Gasteiger partial charge < -0.3 is 24.2 Å². The number of ether oxygens (including phenoxy) is 2. The molecule has 4 aromatic rings. The Morgan fingerprint density at radius 3 is 2.84 bits per heavy atom. The van der Waals surface area contributed by atoms with Crippen LogP contribution in [0.4, 0.5) is 0 Å². The van der Waals surface area contributed by atoms with E-state index in [2.05, 4.69) is 10.3 Å². The maximum Gasteiger partial charge on any atom is 0.262 e. The molecule has 0 aliphatic carbocycles. The van der Waals surface area contributed by atoms with Crippen molar-refractivity contribution in [1.82, 2.24) is 14.9 Å². The third-order valence-electron chi connectivity index (χ3n) is 5.03. The molecule has 0 bridgehead atoms. The molecule has 1 aliphatic heterocycles. The van der Waals surface area contributed by atoms with Gasteiger partial charge in [-0.15, -0.1) is 0 Å². The van der Waals surface area contributed by atoms with E-state index in [0.717, 1.165) is 5.56 Å². The van der Waals surface area contributed by atoms with E-state index in [-0.39, 0.29) is 36.1 Å². The number of H-pyrrole nitrogens is 1. The Labute approximate surface area is 181 Å². The number of aromatic nitrogens is 2. The number of benzene rings is 2. The van der Waals surface area contributed by atoms with Gasteiger partial charge in [0.25, 0.3) is 11.5 Å². The van der Waals surface area contributed by atoms with Crippen molar-refractivity contribution in [2.45, 2.75) is 13.1 Å². The number of aromatic amines is 1. The Balaban J connectivity index is 1.42. The van der Waals surface area contributed by atoms with Crippen LogP contribution >= 0.6 is 12.2 Å². The molecule has 3 heterocycles. The van der Waals surface area contributed by atoms with Crippen molar-refractivity contribution in [1.29, 1.82) is 0 Å². The van der Waals surface area contributed by atoms with E-state index >= 15 is 0 Å². The lowest BCUT2D eigenvalue weighted by Gasteiger charge is -2.10. The summed E-state index contributed by atoms with van der Waals surface area (Å²) in [5.74, 6) is 1.70. The third kappa shape index (κ3) is 3.71. The number of hydrogen-bond acceptors (Lipinski definition) is 6. The van der Waals surface area contributed by atoms with Crippen LogP contribution in [0.2, 0.25) is 0 Å². The molecule has 2 aromatic carbocycles. The molecule has 5 rings (SSSR count). The van der Waals surface area contributed by atoms with Crippen molar-refractivity contribution < 1.29 is 18.7 Å². The van der Waals surface area contributed by atoms with Gasteiger partial charge in [0.2, 0.25) is 6.79 Å². The Bertz CT molecular complexity index is 1410. The van der Waals surface area contributed by atoms with Gasteiger partial charge in [0.1, 0.15) is 5.76 Å². The fourth-order valence-electron chi connectivity index (χ4n) is 3.44. The fraction of sp³-hybridized carbons (Fsp3) is 0.136. The highest BCUT2D eigenvalue weighted by molar-refractivity contribution is 7.71. The summed E-state index contributed by atoms with van der Waals surface area (Å²) in [4.78, 5) is 28.6. The summed E-state index contributed by atoms with van der Waals surface area (Å²) in [6, 6.07) is 13.9. The first-order valence-electron chi connectivity index (χ1n) is 9.54. The molecule has 1 amide bonds. The second-order valence-electron chi connectivity index (χ2n) is 7.03. The topological polar surface area (TPSA) is 98.5 Å². The molecule has 8 nitrogen and oxygen atoms in total. The molecule has 0 saturated heterocycles. The highest BCUT2D eigenvalue weighted by atomic mass is 32.1. The molecular formula is C22H17N3O5S. The van der Waals surface area contributed by atoms with Gasteiger partial charge in [-0.25, -0.2) is 0 Å². The molecular weight excluding hydrogens is 418 g/mol. The van der Waals surface area contributed by atoms with Crippen LogP contribution in [0.15, 0.2) is 64.0 Å². The molecule has 2 N–H and O–H groups in total. The van der Waals surface area contributed by atoms with Crippen LogP contribution in [0.5, 0.6) is 11.5 Å². The number of carbonyl (C=O) groups excluding carboxylic acids is 1. The first kappa shape index (κ1) is 19.1. The molecule has 0 unspecified atom stereocenters. The number of nitrogens with one attached hydrogen (secondary N) is 2. The van der Waals surface area contributed by atoms with E-state index in [1.165, 1.54) is 4.57 Å². The minimum absolute atomic E-state index is 0.187. The van der Waals surface area contributed by atoms with Gasteiger partial charge in [-0.3, -0.25) is 14.2 Å². The van der Waals surface area contributed by atoms with Gasteiger partial charge >= 0.3 is 0 Å². The van der Waals surface area contributed by atoms with Crippen LogP contribution in [-0.4, -0.2) is 22.3 Å². The quantitative estimate of drug-likeness (QED) is 0.467.